The van der Waals surface area contributed by atoms with Gasteiger partial charge in [0.25, 0.3) is 0 Å². The molecule has 0 spiro atoms. The smallest absolute Gasteiger partial charge is 0.229 e. The topological polar surface area (TPSA) is 62.5 Å². The molecular weight excluding hydrogens is 352 g/mol. The zero-order chi connectivity index (χ0) is 20.1. The Morgan fingerprint density at radius 1 is 1.18 bits per heavy atom. The molecule has 0 bridgehead atoms. The minimum Gasteiger partial charge on any atom is -0.340 e. The first-order valence-electron chi connectivity index (χ1n) is 10.4. The quantitative estimate of drug-likeness (QED) is 0.733. The molecule has 1 saturated heterocycles. The molecule has 0 radical (unpaired) electrons. The summed E-state index contributed by atoms with van der Waals surface area (Å²) in [6, 6.07) is 8.50. The molecule has 1 aliphatic heterocycles. The van der Waals surface area contributed by atoms with Crippen LogP contribution in [0.25, 0.3) is 0 Å². The minimum absolute atomic E-state index is 0.108. The van der Waals surface area contributed by atoms with Gasteiger partial charge in [0.05, 0.1) is 12.5 Å². The third-order valence-electron chi connectivity index (χ3n) is 5.33. The van der Waals surface area contributed by atoms with Gasteiger partial charge in [0.1, 0.15) is 0 Å². The van der Waals surface area contributed by atoms with Crippen molar-refractivity contribution in [3.05, 3.63) is 47.1 Å². The van der Waals surface area contributed by atoms with Gasteiger partial charge in [-0.05, 0) is 30.4 Å². The van der Waals surface area contributed by atoms with E-state index in [9.17, 15) is 4.79 Å². The Bertz CT molecular complexity index is 778. The molecule has 0 aliphatic carbocycles. The summed E-state index contributed by atoms with van der Waals surface area (Å²) in [6.07, 6.45) is 1.80. The van der Waals surface area contributed by atoms with E-state index in [1.54, 1.807) is 0 Å². The number of benzene rings is 1. The summed E-state index contributed by atoms with van der Waals surface area (Å²) in [6.45, 7) is 12.3. The summed E-state index contributed by atoms with van der Waals surface area (Å²) in [4.78, 5) is 21.7. The summed E-state index contributed by atoms with van der Waals surface area (Å²) in [5.41, 5.74) is 2.42. The Morgan fingerprint density at radius 2 is 1.93 bits per heavy atom. The van der Waals surface area contributed by atoms with Crippen LogP contribution in [-0.2, 0) is 24.2 Å². The number of nitrogens with zero attached hydrogens (tertiary/aromatic N) is 4. The molecule has 0 N–H and O–H groups in total. The van der Waals surface area contributed by atoms with Gasteiger partial charge in [0.2, 0.25) is 11.8 Å². The van der Waals surface area contributed by atoms with Crippen molar-refractivity contribution >= 4 is 5.91 Å². The Kier molecular flexibility index (Phi) is 6.83. The van der Waals surface area contributed by atoms with Gasteiger partial charge in [-0.1, -0.05) is 50.2 Å². The second-order valence-corrected chi connectivity index (χ2v) is 8.12. The lowest BCUT2D eigenvalue weighted by molar-refractivity contribution is -0.134. The van der Waals surface area contributed by atoms with Gasteiger partial charge in [-0.2, -0.15) is 4.98 Å². The highest BCUT2D eigenvalue weighted by Gasteiger charge is 2.26. The SMILES string of the molecule is CCc1nc(CN2CCN(C(=O)C(C)c3cccc(CC(C)C)c3)CC2)no1. The van der Waals surface area contributed by atoms with Crippen LogP contribution in [0.2, 0.25) is 0 Å². The number of hydrogen-bond donors (Lipinski definition) is 0. The van der Waals surface area contributed by atoms with Crippen LogP contribution in [0.5, 0.6) is 0 Å². The van der Waals surface area contributed by atoms with Crippen molar-refractivity contribution in [1.82, 2.24) is 19.9 Å². The molecule has 1 aromatic heterocycles. The van der Waals surface area contributed by atoms with Crippen LogP contribution >= 0.6 is 0 Å². The van der Waals surface area contributed by atoms with E-state index in [1.165, 1.54) is 5.56 Å². The van der Waals surface area contributed by atoms with E-state index in [2.05, 4.69) is 53.2 Å². The summed E-state index contributed by atoms with van der Waals surface area (Å²) in [7, 11) is 0. The lowest BCUT2D eigenvalue weighted by atomic mass is 9.94. The van der Waals surface area contributed by atoms with Gasteiger partial charge >= 0.3 is 0 Å². The largest absolute Gasteiger partial charge is 0.340 e. The van der Waals surface area contributed by atoms with E-state index >= 15 is 0 Å². The molecule has 1 aliphatic rings. The second kappa shape index (κ2) is 9.32. The Labute approximate surface area is 167 Å². The standard InChI is InChI=1S/C22H32N4O2/c1-5-21-23-20(24-28-21)15-25-9-11-26(12-10-25)22(27)17(4)19-8-6-7-18(14-19)13-16(2)3/h6-8,14,16-17H,5,9-13,15H2,1-4H3. The molecule has 1 fully saturated rings. The average molecular weight is 385 g/mol. The van der Waals surface area contributed by atoms with Crippen LogP contribution < -0.4 is 0 Å². The summed E-state index contributed by atoms with van der Waals surface area (Å²) in [5, 5.41) is 4.02. The van der Waals surface area contributed by atoms with Crippen molar-refractivity contribution in [3.8, 4) is 0 Å². The third-order valence-corrected chi connectivity index (χ3v) is 5.33. The van der Waals surface area contributed by atoms with E-state index in [0.717, 1.165) is 50.4 Å². The first kappa shape index (κ1) is 20.5. The first-order chi connectivity index (χ1) is 13.5. The number of piperazine rings is 1. The van der Waals surface area contributed by atoms with E-state index < -0.39 is 0 Å². The van der Waals surface area contributed by atoms with Crippen LogP contribution in [-0.4, -0.2) is 52.0 Å². The molecule has 1 unspecified atom stereocenters. The van der Waals surface area contributed by atoms with Crippen LogP contribution in [0, 0.1) is 5.92 Å². The highest BCUT2D eigenvalue weighted by atomic mass is 16.5. The molecular formula is C22H32N4O2. The van der Waals surface area contributed by atoms with Crippen molar-refractivity contribution in [1.29, 1.82) is 0 Å². The Hall–Kier alpha value is -2.21. The number of aromatic nitrogens is 2. The molecule has 3 rings (SSSR count). The van der Waals surface area contributed by atoms with Crippen LogP contribution in [0.3, 0.4) is 0 Å². The molecule has 28 heavy (non-hydrogen) atoms. The highest BCUT2D eigenvalue weighted by molar-refractivity contribution is 5.83. The van der Waals surface area contributed by atoms with E-state index in [-0.39, 0.29) is 11.8 Å². The Morgan fingerprint density at radius 3 is 2.57 bits per heavy atom. The van der Waals surface area contributed by atoms with Crippen molar-refractivity contribution < 1.29 is 9.32 Å². The van der Waals surface area contributed by atoms with Crippen molar-refractivity contribution in [2.24, 2.45) is 5.92 Å². The Balaban J connectivity index is 1.54. The molecule has 1 atom stereocenters. The van der Waals surface area contributed by atoms with E-state index in [1.807, 2.05) is 18.7 Å². The van der Waals surface area contributed by atoms with Crippen LogP contribution in [0.4, 0.5) is 0 Å². The maximum atomic E-state index is 13.0. The number of carbonyl (C=O) groups is 1. The van der Waals surface area contributed by atoms with Crippen LogP contribution in [0.1, 0.15) is 56.5 Å². The summed E-state index contributed by atoms with van der Waals surface area (Å²) in [5.74, 6) is 2.13. The van der Waals surface area contributed by atoms with Crippen molar-refractivity contribution in [3.63, 3.8) is 0 Å². The zero-order valence-electron chi connectivity index (χ0n) is 17.5. The van der Waals surface area contributed by atoms with E-state index in [0.29, 0.717) is 18.4 Å². The molecule has 0 saturated carbocycles. The van der Waals surface area contributed by atoms with Gasteiger partial charge in [0, 0.05) is 32.6 Å². The molecule has 2 heterocycles. The lowest BCUT2D eigenvalue weighted by Gasteiger charge is -2.35. The molecule has 1 amide bonds. The second-order valence-electron chi connectivity index (χ2n) is 8.12. The zero-order valence-corrected chi connectivity index (χ0v) is 17.5. The molecule has 6 nitrogen and oxygen atoms in total. The summed E-state index contributed by atoms with van der Waals surface area (Å²) < 4.78 is 5.18. The third kappa shape index (κ3) is 5.19. The number of carbonyl (C=O) groups excluding carboxylic acids is 1. The van der Waals surface area contributed by atoms with Gasteiger partial charge in [-0.15, -0.1) is 0 Å². The predicted molar refractivity (Wildman–Crippen MR) is 109 cm³/mol. The van der Waals surface area contributed by atoms with Gasteiger partial charge < -0.3 is 9.42 Å². The number of aryl methyl sites for hydroxylation is 1. The van der Waals surface area contributed by atoms with Gasteiger partial charge in [0.15, 0.2) is 5.82 Å². The summed E-state index contributed by atoms with van der Waals surface area (Å²) >= 11 is 0. The lowest BCUT2D eigenvalue weighted by Crippen LogP contribution is -2.49. The predicted octanol–water partition coefficient (Wildman–Crippen LogP) is 3.28. The number of rotatable bonds is 7. The fourth-order valence-corrected chi connectivity index (χ4v) is 3.70. The van der Waals surface area contributed by atoms with Crippen molar-refractivity contribution in [2.45, 2.75) is 53.0 Å². The highest BCUT2D eigenvalue weighted by Crippen LogP contribution is 2.21. The van der Waals surface area contributed by atoms with E-state index in [4.69, 9.17) is 4.52 Å². The maximum absolute atomic E-state index is 13.0. The fraction of sp³-hybridized carbons (Fsp3) is 0.591. The minimum atomic E-state index is -0.108. The normalized spacial score (nSPS) is 16.5. The number of hydrogen-bond acceptors (Lipinski definition) is 5. The molecule has 2 aromatic rings. The number of amides is 1. The first-order valence-corrected chi connectivity index (χ1v) is 10.4. The van der Waals surface area contributed by atoms with Crippen LogP contribution in [0.15, 0.2) is 28.8 Å². The molecule has 6 heteroatoms. The van der Waals surface area contributed by atoms with Gasteiger partial charge in [-0.3, -0.25) is 9.69 Å². The molecule has 152 valence electrons. The monoisotopic (exact) mass is 384 g/mol. The average Bonchev–Trinajstić information content (AvgIpc) is 3.15. The van der Waals surface area contributed by atoms with Gasteiger partial charge in [-0.25, -0.2) is 0 Å². The fourth-order valence-electron chi connectivity index (χ4n) is 3.70. The maximum Gasteiger partial charge on any atom is 0.229 e. The van der Waals surface area contributed by atoms with Crippen molar-refractivity contribution in [2.75, 3.05) is 26.2 Å². The molecule has 1 aromatic carbocycles.